The van der Waals surface area contributed by atoms with Crippen molar-refractivity contribution in [3.63, 3.8) is 0 Å². The molecule has 140 valence electrons. The van der Waals surface area contributed by atoms with Crippen LogP contribution in [0.15, 0.2) is 18.5 Å². The van der Waals surface area contributed by atoms with E-state index in [1.807, 2.05) is 19.9 Å². The van der Waals surface area contributed by atoms with Gasteiger partial charge in [0.25, 0.3) is 0 Å². The van der Waals surface area contributed by atoms with Crippen LogP contribution in [0.4, 0.5) is 0 Å². The summed E-state index contributed by atoms with van der Waals surface area (Å²) in [5.41, 5.74) is 0.965. The molecule has 7 nitrogen and oxygen atoms in total. The van der Waals surface area contributed by atoms with Gasteiger partial charge in [-0.05, 0) is 24.3 Å². The molecule has 0 aliphatic rings. The van der Waals surface area contributed by atoms with Crippen LogP contribution in [0.25, 0.3) is 5.65 Å². The summed E-state index contributed by atoms with van der Waals surface area (Å²) in [7, 11) is -3.59. The molecule has 0 bridgehead atoms. The van der Waals surface area contributed by atoms with Crippen molar-refractivity contribution in [3.05, 3.63) is 24.0 Å². The van der Waals surface area contributed by atoms with Crippen LogP contribution in [0.5, 0.6) is 5.88 Å². The maximum Gasteiger partial charge on any atom is 0.235 e. The number of fused-ring (bicyclic) bond motifs is 1. The lowest BCUT2D eigenvalue weighted by molar-refractivity contribution is 0.146. The van der Waals surface area contributed by atoms with Gasteiger partial charge < -0.3 is 4.74 Å². The molecule has 0 saturated carbocycles. The van der Waals surface area contributed by atoms with E-state index in [0.717, 1.165) is 11.2 Å². The molecule has 0 saturated heterocycles. The molecule has 0 fully saturated rings. The molecule has 2 rings (SSSR count). The maximum atomic E-state index is 11.6. The van der Waals surface area contributed by atoms with Gasteiger partial charge in [0, 0.05) is 23.4 Å². The van der Waals surface area contributed by atoms with Gasteiger partial charge in [-0.2, -0.15) is 0 Å². The fraction of sp³-hybridized carbons (Fsp3) is 0.647. The summed E-state index contributed by atoms with van der Waals surface area (Å²) < 4.78 is 31.0. The van der Waals surface area contributed by atoms with Gasteiger partial charge >= 0.3 is 0 Å². The third kappa shape index (κ3) is 4.70. The first-order chi connectivity index (χ1) is 11.5. The van der Waals surface area contributed by atoms with E-state index in [1.54, 1.807) is 16.9 Å². The number of ether oxygens (including phenoxy) is 1. The summed E-state index contributed by atoms with van der Waals surface area (Å²) in [6, 6.07) is 1.96. The van der Waals surface area contributed by atoms with Crippen LogP contribution in [0, 0.1) is 5.41 Å². The maximum absolute atomic E-state index is 11.6. The second kappa shape index (κ2) is 6.92. The predicted molar refractivity (Wildman–Crippen MR) is 98.2 cm³/mol. The van der Waals surface area contributed by atoms with Gasteiger partial charge in [-0.3, -0.25) is 0 Å². The van der Waals surface area contributed by atoms with E-state index in [0.29, 0.717) is 18.7 Å². The van der Waals surface area contributed by atoms with Crippen molar-refractivity contribution in [3.8, 4) is 5.88 Å². The Morgan fingerprint density at radius 1 is 1.24 bits per heavy atom. The molecule has 2 aromatic rings. The molecule has 0 radical (unpaired) electrons. The standard InChI is InChI=1S/C17H28N4O3S/c1-6-17(7-2,12-25(18,22)23)11-24-15-13(16(3,4)5)10-14-19-8-9-21(14)20-15/h8-10H,6-7,11-12H2,1-5H3,(H2,18,22,23). The van der Waals surface area contributed by atoms with Crippen molar-refractivity contribution in [1.82, 2.24) is 14.6 Å². The van der Waals surface area contributed by atoms with Crippen LogP contribution < -0.4 is 9.88 Å². The second-order valence-corrected chi connectivity index (χ2v) is 9.26. The molecule has 25 heavy (non-hydrogen) atoms. The van der Waals surface area contributed by atoms with Crippen molar-refractivity contribution in [2.24, 2.45) is 10.6 Å². The molecule has 2 N–H and O–H groups in total. The van der Waals surface area contributed by atoms with E-state index >= 15 is 0 Å². The summed E-state index contributed by atoms with van der Waals surface area (Å²) in [5, 5.41) is 9.81. The average molecular weight is 369 g/mol. The molecule has 0 aliphatic carbocycles. The molecule has 0 unspecified atom stereocenters. The van der Waals surface area contributed by atoms with E-state index in [9.17, 15) is 8.42 Å². The molecule has 0 aliphatic heterocycles. The number of nitrogens with zero attached hydrogens (tertiary/aromatic N) is 3. The summed E-state index contributed by atoms with van der Waals surface area (Å²) in [5.74, 6) is 0.393. The average Bonchev–Trinajstić information content (AvgIpc) is 2.96. The largest absolute Gasteiger partial charge is 0.476 e. The topological polar surface area (TPSA) is 99.6 Å². The molecular formula is C17H28N4O3S. The zero-order valence-electron chi connectivity index (χ0n) is 15.6. The van der Waals surface area contributed by atoms with Crippen LogP contribution in [0.3, 0.4) is 0 Å². The van der Waals surface area contributed by atoms with Crippen LogP contribution in [0.2, 0.25) is 0 Å². The van der Waals surface area contributed by atoms with Gasteiger partial charge in [0.05, 0.1) is 12.4 Å². The van der Waals surface area contributed by atoms with Gasteiger partial charge in [-0.25, -0.2) is 23.1 Å². The first-order valence-corrected chi connectivity index (χ1v) is 10.2. The lowest BCUT2D eigenvalue weighted by Gasteiger charge is -2.31. The molecule has 2 aromatic heterocycles. The molecule has 0 atom stereocenters. The summed E-state index contributed by atoms with van der Waals surface area (Å²) >= 11 is 0. The van der Waals surface area contributed by atoms with Gasteiger partial charge in [0.1, 0.15) is 0 Å². The Morgan fingerprint density at radius 3 is 2.40 bits per heavy atom. The van der Waals surface area contributed by atoms with Gasteiger partial charge in [-0.1, -0.05) is 34.6 Å². The number of primary sulfonamides is 1. The Labute approximate surface area is 149 Å². The highest BCUT2D eigenvalue weighted by Gasteiger charge is 2.33. The van der Waals surface area contributed by atoms with Crippen molar-refractivity contribution in [2.75, 3.05) is 12.4 Å². The number of hydrogen-bond donors (Lipinski definition) is 1. The Bertz CT molecular complexity index is 833. The minimum absolute atomic E-state index is 0.106. The Kier molecular flexibility index (Phi) is 5.44. The van der Waals surface area contributed by atoms with Crippen LogP contribution >= 0.6 is 0 Å². The number of nitrogens with two attached hydrogens (primary N) is 1. The fourth-order valence-corrected chi connectivity index (χ4v) is 4.18. The van der Waals surface area contributed by atoms with E-state index in [1.165, 1.54) is 0 Å². The van der Waals surface area contributed by atoms with E-state index < -0.39 is 15.4 Å². The van der Waals surface area contributed by atoms with Gasteiger partial charge in [-0.15, -0.1) is 5.10 Å². The number of rotatable bonds is 7. The zero-order valence-corrected chi connectivity index (χ0v) is 16.4. The van der Waals surface area contributed by atoms with Crippen LogP contribution in [-0.2, 0) is 15.4 Å². The highest BCUT2D eigenvalue weighted by molar-refractivity contribution is 7.89. The second-order valence-electron chi connectivity index (χ2n) is 7.65. The molecular weight excluding hydrogens is 340 g/mol. The Hall–Kier alpha value is -1.67. The molecule has 0 spiro atoms. The summed E-state index contributed by atoms with van der Waals surface area (Å²) in [4.78, 5) is 4.27. The normalized spacial score (nSPS) is 13.4. The highest BCUT2D eigenvalue weighted by Crippen LogP contribution is 2.33. The van der Waals surface area contributed by atoms with Gasteiger partial charge in [0.2, 0.25) is 15.9 Å². The van der Waals surface area contributed by atoms with Crippen molar-refractivity contribution < 1.29 is 13.2 Å². The summed E-state index contributed by atoms with van der Waals surface area (Å²) in [6.45, 7) is 10.4. The number of imidazole rings is 1. The van der Waals surface area contributed by atoms with Crippen molar-refractivity contribution in [1.29, 1.82) is 0 Å². The van der Waals surface area contributed by atoms with Crippen LogP contribution in [0.1, 0.15) is 53.0 Å². The molecule has 0 aromatic carbocycles. The highest BCUT2D eigenvalue weighted by atomic mass is 32.2. The third-order valence-corrected chi connectivity index (χ3v) is 5.70. The van der Waals surface area contributed by atoms with E-state index in [2.05, 4.69) is 30.9 Å². The lowest BCUT2D eigenvalue weighted by atomic mass is 9.85. The zero-order chi connectivity index (χ0) is 18.9. The Morgan fingerprint density at radius 2 is 1.88 bits per heavy atom. The molecule has 0 amide bonds. The monoisotopic (exact) mass is 368 g/mol. The first kappa shape index (κ1) is 19.7. The lowest BCUT2D eigenvalue weighted by Crippen LogP contribution is -2.38. The van der Waals surface area contributed by atoms with E-state index in [-0.39, 0.29) is 17.8 Å². The minimum atomic E-state index is -3.59. The smallest absolute Gasteiger partial charge is 0.235 e. The van der Waals surface area contributed by atoms with E-state index in [4.69, 9.17) is 9.88 Å². The predicted octanol–water partition coefficient (Wildman–Crippen LogP) is 2.50. The van der Waals surface area contributed by atoms with Crippen molar-refractivity contribution >= 4 is 15.7 Å². The fourth-order valence-electron chi connectivity index (χ4n) is 2.83. The molecule has 8 heteroatoms. The first-order valence-electron chi connectivity index (χ1n) is 8.48. The number of aromatic nitrogens is 3. The summed E-state index contributed by atoms with van der Waals surface area (Å²) in [6.07, 6.45) is 4.74. The molecule has 2 heterocycles. The number of sulfonamides is 1. The number of hydrogen-bond acceptors (Lipinski definition) is 5. The van der Waals surface area contributed by atoms with Crippen LogP contribution in [-0.4, -0.2) is 35.4 Å². The SMILES string of the molecule is CCC(CC)(COc1nn2ccnc2cc1C(C)(C)C)CS(N)(=O)=O. The quantitative estimate of drug-likeness (QED) is 0.809. The van der Waals surface area contributed by atoms with Crippen molar-refractivity contribution in [2.45, 2.75) is 52.9 Å². The third-order valence-electron chi connectivity index (χ3n) is 4.68. The van der Waals surface area contributed by atoms with Gasteiger partial charge in [0.15, 0.2) is 5.65 Å². The Balaban J connectivity index is 2.38. The minimum Gasteiger partial charge on any atom is -0.476 e.